The van der Waals surface area contributed by atoms with Gasteiger partial charge in [0, 0.05) is 6.42 Å². The summed E-state index contributed by atoms with van der Waals surface area (Å²) >= 11 is 0. The summed E-state index contributed by atoms with van der Waals surface area (Å²) in [7, 11) is -3.16. The maximum Gasteiger partial charge on any atom is 0.303 e. The molecule has 18 heavy (non-hydrogen) atoms. The highest BCUT2D eigenvalue weighted by Gasteiger charge is 2.28. The van der Waals surface area contributed by atoms with Gasteiger partial charge >= 0.3 is 5.97 Å². The van der Waals surface area contributed by atoms with E-state index in [1.807, 2.05) is 0 Å². The first-order chi connectivity index (χ1) is 8.47. The molecule has 4 nitrogen and oxygen atoms in total. The van der Waals surface area contributed by atoms with Crippen molar-refractivity contribution in [1.82, 2.24) is 0 Å². The first kappa shape index (κ1) is 13.1. The minimum Gasteiger partial charge on any atom is -0.481 e. The number of aryl methyl sites for hydroxylation is 1. The van der Waals surface area contributed by atoms with Gasteiger partial charge < -0.3 is 5.11 Å². The van der Waals surface area contributed by atoms with Crippen LogP contribution >= 0.6 is 0 Å². The van der Waals surface area contributed by atoms with E-state index in [2.05, 4.69) is 0 Å². The van der Waals surface area contributed by atoms with Crippen molar-refractivity contribution in [2.75, 3.05) is 5.75 Å². The van der Waals surface area contributed by atoms with Crippen LogP contribution in [0.3, 0.4) is 0 Å². The molecule has 2 rings (SSSR count). The summed E-state index contributed by atoms with van der Waals surface area (Å²) in [5.74, 6) is -0.274. The average molecular weight is 268 g/mol. The summed E-state index contributed by atoms with van der Waals surface area (Å²) in [5, 5.41) is 8.57. The number of aliphatic carboxylic acids is 1. The van der Waals surface area contributed by atoms with Crippen LogP contribution in [0.1, 0.15) is 24.8 Å². The number of sulfone groups is 1. The van der Waals surface area contributed by atoms with Gasteiger partial charge in [-0.05, 0) is 42.9 Å². The van der Waals surface area contributed by atoms with Crippen molar-refractivity contribution in [3.63, 3.8) is 0 Å². The van der Waals surface area contributed by atoms with Crippen LogP contribution in [0.4, 0.5) is 0 Å². The SMILES string of the molecule is O=C(O)CCc1ccc(S(=O)(=O)CC2CC2)cc1. The summed E-state index contributed by atoms with van der Waals surface area (Å²) in [6.07, 6.45) is 2.51. The highest BCUT2D eigenvalue weighted by molar-refractivity contribution is 7.91. The molecule has 5 heteroatoms. The Balaban J connectivity index is 2.04. The van der Waals surface area contributed by atoms with E-state index in [-0.39, 0.29) is 12.2 Å². The maximum absolute atomic E-state index is 12.0. The van der Waals surface area contributed by atoms with Crippen molar-refractivity contribution < 1.29 is 18.3 Å². The van der Waals surface area contributed by atoms with E-state index >= 15 is 0 Å². The van der Waals surface area contributed by atoms with E-state index in [0.29, 0.717) is 17.2 Å². The molecule has 98 valence electrons. The van der Waals surface area contributed by atoms with Crippen LogP contribution in [0.5, 0.6) is 0 Å². The minimum absolute atomic E-state index is 0.0637. The summed E-state index contributed by atoms with van der Waals surface area (Å²) in [4.78, 5) is 10.8. The molecular formula is C13H16O4S. The minimum atomic E-state index is -3.16. The second-order valence-electron chi connectivity index (χ2n) is 4.76. The Labute approximate surface area is 107 Å². The third kappa shape index (κ3) is 3.57. The summed E-state index contributed by atoms with van der Waals surface area (Å²) in [5.41, 5.74) is 0.850. The first-order valence-corrected chi connectivity index (χ1v) is 7.66. The molecule has 0 unspecified atom stereocenters. The van der Waals surface area contributed by atoms with Crippen LogP contribution in [0.15, 0.2) is 29.2 Å². The quantitative estimate of drug-likeness (QED) is 0.855. The molecule has 1 aromatic carbocycles. The molecule has 0 aromatic heterocycles. The number of benzene rings is 1. The number of hydrogen-bond acceptors (Lipinski definition) is 3. The Morgan fingerprint density at radius 3 is 2.33 bits per heavy atom. The summed E-state index contributed by atoms with van der Waals surface area (Å²) in [6.45, 7) is 0. The van der Waals surface area contributed by atoms with Crippen molar-refractivity contribution >= 4 is 15.8 Å². The van der Waals surface area contributed by atoms with Gasteiger partial charge in [0.05, 0.1) is 10.6 Å². The summed E-state index contributed by atoms with van der Waals surface area (Å²) < 4.78 is 23.9. The van der Waals surface area contributed by atoms with Crippen molar-refractivity contribution in [1.29, 1.82) is 0 Å². The fourth-order valence-electron chi connectivity index (χ4n) is 1.81. The predicted molar refractivity (Wildman–Crippen MR) is 67.2 cm³/mol. The van der Waals surface area contributed by atoms with Gasteiger partial charge in [0.1, 0.15) is 0 Å². The van der Waals surface area contributed by atoms with E-state index in [4.69, 9.17) is 5.11 Å². The van der Waals surface area contributed by atoms with Gasteiger partial charge in [-0.25, -0.2) is 8.42 Å². The molecule has 1 saturated carbocycles. The zero-order valence-electron chi connectivity index (χ0n) is 10.0. The molecule has 1 aromatic rings. The van der Waals surface area contributed by atoms with E-state index in [9.17, 15) is 13.2 Å². The highest BCUT2D eigenvalue weighted by atomic mass is 32.2. The van der Waals surface area contributed by atoms with Crippen molar-refractivity contribution in [3.05, 3.63) is 29.8 Å². The number of hydrogen-bond donors (Lipinski definition) is 1. The Morgan fingerprint density at radius 2 is 1.83 bits per heavy atom. The van der Waals surface area contributed by atoms with Gasteiger partial charge in [-0.2, -0.15) is 0 Å². The van der Waals surface area contributed by atoms with Crippen molar-refractivity contribution in [2.45, 2.75) is 30.6 Å². The van der Waals surface area contributed by atoms with Gasteiger partial charge in [-0.1, -0.05) is 12.1 Å². The number of carboxylic acid groups (broad SMARTS) is 1. The average Bonchev–Trinajstić information content (AvgIpc) is 3.10. The number of carbonyl (C=O) groups is 1. The molecule has 0 radical (unpaired) electrons. The van der Waals surface area contributed by atoms with Crippen LogP contribution in [-0.2, 0) is 21.1 Å². The second-order valence-corrected chi connectivity index (χ2v) is 6.80. The molecule has 0 bridgehead atoms. The van der Waals surface area contributed by atoms with Crippen LogP contribution < -0.4 is 0 Å². The zero-order chi connectivity index (χ0) is 13.2. The normalized spacial score (nSPS) is 15.6. The maximum atomic E-state index is 12.0. The molecule has 1 fully saturated rings. The molecule has 1 aliphatic rings. The Hall–Kier alpha value is -1.36. The molecule has 0 aliphatic heterocycles. The van der Waals surface area contributed by atoms with Crippen LogP contribution in [0.2, 0.25) is 0 Å². The van der Waals surface area contributed by atoms with E-state index < -0.39 is 15.8 Å². The van der Waals surface area contributed by atoms with E-state index in [1.54, 1.807) is 24.3 Å². The van der Waals surface area contributed by atoms with Gasteiger partial charge in [0.2, 0.25) is 0 Å². The van der Waals surface area contributed by atoms with Crippen molar-refractivity contribution in [3.8, 4) is 0 Å². The fourth-order valence-corrected chi connectivity index (χ4v) is 3.50. The molecule has 0 saturated heterocycles. The number of rotatable bonds is 6. The lowest BCUT2D eigenvalue weighted by molar-refractivity contribution is -0.136. The molecule has 1 aliphatic carbocycles. The lowest BCUT2D eigenvalue weighted by Crippen LogP contribution is -2.08. The highest BCUT2D eigenvalue weighted by Crippen LogP contribution is 2.32. The van der Waals surface area contributed by atoms with Gasteiger partial charge in [0.15, 0.2) is 9.84 Å². The van der Waals surface area contributed by atoms with Crippen molar-refractivity contribution in [2.24, 2.45) is 5.92 Å². The molecule has 0 amide bonds. The Morgan fingerprint density at radius 1 is 1.22 bits per heavy atom. The monoisotopic (exact) mass is 268 g/mol. The fraction of sp³-hybridized carbons (Fsp3) is 0.462. The zero-order valence-corrected chi connectivity index (χ0v) is 10.8. The molecule has 0 heterocycles. The largest absolute Gasteiger partial charge is 0.481 e. The van der Waals surface area contributed by atoms with Gasteiger partial charge in [0.25, 0.3) is 0 Å². The van der Waals surface area contributed by atoms with Crippen LogP contribution in [0.25, 0.3) is 0 Å². The Bertz CT molecular complexity index is 527. The Kier molecular flexibility index (Phi) is 3.71. The lowest BCUT2D eigenvalue weighted by atomic mass is 10.1. The predicted octanol–water partition coefficient (Wildman–Crippen LogP) is 1.89. The standard InChI is InChI=1S/C13H16O4S/c14-13(15)8-5-10-3-6-12(7-4-10)18(16,17)9-11-1-2-11/h3-4,6-7,11H,1-2,5,8-9H2,(H,14,15). The van der Waals surface area contributed by atoms with E-state index in [1.165, 1.54) is 0 Å². The lowest BCUT2D eigenvalue weighted by Gasteiger charge is -2.04. The molecule has 0 spiro atoms. The topological polar surface area (TPSA) is 71.4 Å². The van der Waals surface area contributed by atoms with Gasteiger partial charge in [-0.15, -0.1) is 0 Å². The first-order valence-electron chi connectivity index (χ1n) is 6.01. The summed E-state index contributed by atoms with van der Waals surface area (Å²) in [6, 6.07) is 6.55. The molecule has 1 N–H and O–H groups in total. The number of carboxylic acids is 1. The van der Waals surface area contributed by atoms with Crippen LogP contribution in [-0.4, -0.2) is 25.2 Å². The van der Waals surface area contributed by atoms with E-state index in [0.717, 1.165) is 18.4 Å². The molecule has 0 atom stereocenters. The smallest absolute Gasteiger partial charge is 0.303 e. The molecular weight excluding hydrogens is 252 g/mol. The third-order valence-corrected chi connectivity index (χ3v) is 4.96. The van der Waals surface area contributed by atoms with Gasteiger partial charge in [-0.3, -0.25) is 4.79 Å². The van der Waals surface area contributed by atoms with Crippen LogP contribution in [0, 0.1) is 5.92 Å². The second kappa shape index (κ2) is 5.10. The third-order valence-electron chi connectivity index (χ3n) is 3.06.